The van der Waals surface area contributed by atoms with Crippen LogP contribution in [-0.2, 0) is 9.53 Å². The molecule has 0 saturated heterocycles. The second kappa shape index (κ2) is 7.24. The molecule has 0 aliphatic heterocycles. The minimum absolute atomic E-state index is 0.00429. The lowest BCUT2D eigenvalue weighted by Gasteiger charge is -2.08. The lowest BCUT2D eigenvalue weighted by molar-refractivity contribution is -0.119. The van der Waals surface area contributed by atoms with Crippen LogP contribution in [-0.4, -0.2) is 38.8 Å². The third-order valence-corrected chi connectivity index (χ3v) is 3.86. The molecule has 1 N–H and O–H groups in total. The summed E-state index contributed by atoms with van der Waals surface area (Å²) in [6, 6.07) is 5.60. The Morgan fingerprint density at radius 3 is 2.59 bits per heavy atom. The van der Waals surface area contributed by atoms with Gasteiger partial charge in [-0.3, -0.25) is 10.1 Å². The number of carbonyl (C=O) groups excluding carboxylic acids is 1. The molecule has 1 heterocycles. The Balaban J connectivity index is 2.29. The number of nitrogens with one attached hydrogen (secondary N) is 1. The molecule has 22 heavy (non-hydrogen) atoms. The molecular weight excluding hydrogens is 304 g/mol. The van der Waals surface area contributed by atoms with Crippen molar-refractivity contribution in [1.29, 1.82) is 0 Å². The van der Waals surface area contributed by atoms with Crippen molar-refractivity contribution < 1.29 is 19.0 Å². The Morgan fingerprint density at radius 1 is 1.23 bits per heavy atom. The van der Waals surface area contributed by atoms with Gasteiger partial charge in [-0.15, -0.1) is 11.3 Å². The lowest BCUT2D eigenvalue weighted by Crippen LogP contribution is -2.16. The average molecular weight is 322 g/mol. The second-order valence-corrected chi connectivity index (χ2v) is 5.68. The standard InChI is InChI=1S/C15H18N2O4S/c1-9-14(17-15(22-9)16-13(18)8-19-2)10-5-6-11(20-3)12(7-10)21-4/h5-7H,8H2,1-4H3,(H,16,17,18). The van der Waals surface area contributed by atoms with E-state index in [0.29, 0.717) is 16.6 Å². The van der Waals surface area contributed by atoms with E-state index in [4.69, 9.17) is 14.2 Å². The van der Waals surface area contributed by atoms with Gasteiger partial charge in [-0.2, -0.15) is 0 Å². The van der Waals surface area contributed by atoms with Gasteiger partial charge in [0.2, 0.25) is 0 Å². The first-order valence-electron chi connectivity index (χ1n) is 6.57. The molecule has 2 aromatic rings. The SMILES string of the molecule is COCC(=O)Nc1nc(-c2ccc(OC)c(OC)c2)c(C)s1. The lowest BCUT2D eigenvalue weighted by atomic mass is 10.1. The first-order chi connectivity index (χ1) is 10.6. The van der Waals surface area contributed by atoms with Gasteiger partial charge < -0.3 is 14.2 Å². The predicted molar refractivity (Wildman–Crippen MR) is 85.9 cm³/mol. The van der Waals surface area contributed by atoms with Gasteiger partial charge in [0.1, 0.15) is 6.61 Å². The number of ether oxygens (including phenoxy) is 3. The zero-order chi connectivity index (χ0) is 16.1. The summed E-state index contributed by atoms with van der Waals surface area (Å²) in [7, 11) is 4.66. The monoisotopic (exact) mass is 322 g/mol. The van der Waals surface area contributed by atoms with Crippen molar-refractivity contribution >= 4 is 22.4 Å². The van der Waals surface area contributed by atoms with Crippen LogP contribution in [0.4, 0.5) is 5.13 Å². The fraction of sp³-hybridized carbons (Fsp3) is 0.333. The summed E-state index contributed by atoms with van der Waals surface area (Å²) < 4.78 is 15.3. The van der Waals surface area contributed by atoms with Crippen LogP contribution in [0.25, 0.3) is 11.3 Å². The third-order valence-electron chi connectivity index (χ3n) is 2.98. The highest BCUT2D eigenvalue weighted by atomic mass is 32.1. The second-order valence-electron chi connectivity index (χ2n) is 4.47. The van der Waals surface area contributed by atoms with Crippen molar-refractivity contribution in [3.05, 3.63) is 23.1 Å². The van der Waals surface area contributed by atoms with Crippen LogP contribution < -0.4 is 14.8 Å². The summed E-state index contributed by atoms with van der Waals surface area (Å²) in [5.41, 5.74) is 1.71. The Kier molecular flexibility index (Phi) is 5.35. The quantitative estimate of drug-likeness (QED) is 0.885. The van der Waals surface area contributed by atoms with Gasteiger partial charge in [-0.25, -0.2) is 4.98 Å². The number of rotatable bonds is 6. The van der Waals surface area contributed by atoms with E-state index in [2.05, 4.69) is 10.3 Å². The smallest absolute Gasteiger partial charge is 0.252 e. The topological polar surface area (TPSA) is 69.7 Å². The van der Waals surface area contributed by atoms with Crippen molar-refractivity contribution in [1.82, 2.24) is 4.98 Å². The van der Waals surface area contributed by atoms with Crippen molar-refractivity contribution in [3.8, 4) is 22.8 Å². The van der Waals surface area contributed by atoms with Gasteiger partial charge in [0.05, 0.1) is 19.9 Å². The summed E-state index contributed by atoms with van der Waals surface area (Å²) in [6.45, 7) is 1.96. The van der Waals surface area contributed by atoms with E-state index in [1.807, 2.05) is 25.1 Å². The fourth-order valence-corrected chi connectivity index (χ4v) is 2.84. The summed E-state index contributed by atoms with van der Waals surface area (Å²) >= 11 is 1.42. The maximum absolute atomic E-state index is 11.5. The van der Waals surface area contributed by atoms with E-state index in [9.17, 15) is 4.79 Å². The first-order valence-corrected chi connectivity index (χ1v) is 7.39. The Hall–Kier alpha value is -2.12. The molecule has 0 aliphatic carbocycles. The number of thiazole rings is 1. The molecule has 0 aliphatic rings. The van der Waals surface area contributed by atoms with Gasteiger partial charge in [0.15, 0.2) is 16.6 Å². The van der Waals surface area contributed by atoms with Gasteiger partial charge in [-0.05, 0) is 25.1 Å². The highest BCUT2D eigenvalue weighted by Crippen LogP contribution is 2.35. The minimum Gasteiger partial charge on any atom is -0.493 e. The van der Waals surface area contributed by atoms with Gasteiger partial charge in [-0.1, -0.05) is 0 Å². The van der Waals surface area contributed by atoms with Crippen molar-refractivity contribution in [2.75, 3.05) is 33.3 Å². The number of nitrogens with zero attached hydrogens (tertiary/aromatic N) is 1. The Labute approximate surface area is 133 Å². The number of hydrogen-bond donors (Lipinski definition) is 1. The summed E-state index contributed by atoms with van der Waals surface area (Å²) in [5.74, 6) is 1.07. The fourth-order valence-electron chi connectivity index (χ4n) is 1.99. The molecule has 6 nitrogen and oxygen atoms in total. The van der Waals surface area contributed by atoms with Crippen molar-refractivity contribution in [2.24, 2.45) is 0 Å². The highest BCUT2D eigenvalue weighted by Gasteiger charge is 2.14. The number of aromatic nitrogens is 1. The van der Waals surface area contributed by atoms with Crippen LogP contribution in [0.5, 0.6) is 11.5 Å². The molecule has 2 rings (SSSR count). The molecule has 0 spiro atoms. The zero-order valence-electron chi connectivity index (χ0n) is 12.9. The van der Waals surface area contributed by atoms with Crippen molar-refractivity contribution in [3.63, 3.8) is 0 Å². The van der Waals surface area contributed by atoms with Gasteiger partial charge in [0, 0.05) is 17.6 Å². The molecule has 1 aromatic heterocycles. The molecule has 0 bridgehead atoms. The van der Waals surface area contributed by atoms with E-state index in [1.165, 1.54) is 18.4 Å². The number of amides is 1. The van der Waals surface area contributed by atoms with Crippen LogP contribution in [0.2, 0.25) is 0 Å². The highest BCUT2D eigenvalue weighted by molar-refractivity contribution is 7.16. The molecule has 0 atom stereocenters. The Morgan fingerprint density at radius 2 is 1.95 bits per heavy atom. The molecular formula is C15H18N2O4S. The molecule has 1 aromatic carbocycles. The number of hydrogen-bond acceptors (Lipinski definition) is 6. The maximum atomic E-state index is 11.5. The molecule has 0 unspecified atom stereocenters. The number of methoxy groups -OCH3 is 3. The third kappa shape index (κ3) is 3.55. The van der Waals surface area contributed by atoms with Gasteiger partial charge >= 0.3 is 0 Å². The van der Waals surface area contributed by atoms with Crippen LogP contribution in [0.15, 0.2) is 18.2 Å². The Bertz CT molecular complexity index is 670. The summed E-state index contributed by atoms with van der Waals surface area (Å²) in [6.07, 6.45) is 0. The normalized spacial score (nSPS) is 10.4. The summed E-state index contributed by atoms with van der Waals surface area (Å²) in [5, 5.41) is 3.26. The molecule has 0 radical (unpaired) electrons. The van der Waals surface area contributed by atoms with E-state index in [-0.39, 0.29) is 12.5 Å². The predicted octanol–water partition coefficient (Wildman–Crippen LogP) is 2.72. The maximum Gasteiger partial charge on any atom is 0.252 e. The largest absolute Gasteiger partial charge is 0.493 e. The minimum atomic E-state index is -0.227. The molecule has 118 valence electrons. The molecule has 0 fully saturated rings. The van der Waals surface area contributed by atoms with E-state index in [1.54, 1.807) is 14.2 Å². The van der Waals surface area contributed by atoms with Crippen LogP contribution in [0.1, 0.15) is 4.88 Å². The van der Waals surface area contributed by atoms with Crippen LogP contribution in [0, 0.1) is 6.92 Å². The van der Waals surface area contributed by atoms with Crippen LogP contribution >= 0.6 is 11.3 Å². The van der Waals surface area contributed by atoms with Crippen molar-refractivity contribution in [2.45, 2.75) is 6.92 Å². The average Bonchev–Trinajstić information content (AvgIpc) is 2.87. The van der Waals surface area contributed by atoms with Crippen LogP contribution in [0.3, 0.4) is 0 Å². The number of benzene rings is 1. The zero-order valence-corrected chi connectivity index (χ0v) is 13.7. The van der Waals surface area contributed by atoms with E-state index in [0.717, 1.165) is 16.1 Å². The molecule has 0 saturated carbocycles. The molecule has 7 heteroatoms. The first kappa shape index (κ1) is 16.3. The molecule has 1 amide bonds. The number of aryl methyl sites for hydroxylation is 1. The van der Waals surface area contributed by atoms with Gasteiger partial charge in [0.25, 0.3) is 5.91 Å². The van der Waals surface area contributed by atoms with E-state index >= 15 is 0 Å². The number of anilines is 1. The number of carbonyl (C=O) groups is 1. The summed E-state index contributed by atoms with van der Waals surface area (Å²) in [4.78, 5) is 17.0. The van der Waals surface area contributed by atoms with E-state index < -0.39 is 0 Å².